The third kappa shape index (κ3) is 5.45. The van der Waals surface area contributed by atoms with E-state index >= 15 is 0 Å². The van der Waals surface area contributed by atoms with Crippen molar-refractivity contribution >= 4 is 34.6 Å². The van der Waals surface area contributed by atoms with Crippen LogP contribution in [0.15, 0.2) is 60.8 Å². The molecule has 1 aromatic heterocycles. The standard InChI is InChI=1S/C20H16F2N4O2S/c1-23-19(27)18-11-15(8-9-24-18)28-14-5-3-13(4-6-14)25-20(29)26-17-10-12(21)2-7-16(17)22/h2-11H,1H3,(H,23,27)(H2,25,26,29). The summed E-state index contributed by atoms with van der Waals surface area (Å²) in [7, 11) is 1.52. The second kappa shape index (κ2) is 9.07. The molecule has 2 aromatic carbocycles. The van der Waals surface area contributed by atoms with Gasteiger partial charge in [0.1, 0.15) is 28.8 Å². The van der Waals surface area contributed by atoms with Crippen LogP contribution in [0.1, 0.15) is 10.5 Å². The number of benzene rings is 2. The van der Waals surface area contributed by atoms with E-state index in [1.165, 1.54) is 19.3 Å². The molecule has 29 heavy (non-hydrogen) atoms. The summed E-state index contributed by atoms with van der Waals surface area (Å²) in [5.41, 5.74) is 0.795. The molecule has 0 spiro atoms. The average molecular weight is 414 g/mol. The topological polar surface area (TPSA) is 75.3 Å². The number of amides is 1. The number of carbonyl (C=O) groups is 1. The minimum atomic E-state index is -0.618. The van der Waals surface area contributed by atoms with E-state index in [0.717, 1.165) is 18.2 Å². The molecule has 0 fully saturated rings. The lowest BCUT2D eigenvalue weighted by Crippen LogP contribution is -2.19. The summed E-state index contributed by atoms with van der Waals surface area (Å²) in [4.78, 5) is 15.6. The molecular weight excluding hydrogens is 398 g/mol. The SMILES string of the molecule is CNC(=O)c1cc(Oc2ccc(NC(=S)Nc3cc(F)ccc3F)cc2)ccn1. The minimum Gasteiger partial charge on any atom is -0.457 e. The van der Waals surface area contributed by atoms with Crippen molar-refractivity contribution in [3.05, 3.63) is 78.1 Å². The highest BCUT2D eigenvalue weighted by molar-refractivity contribution is 7.80. The molecule has 0 radical (unpaired) electrons. The molecule has 9 heteroatoms. The van der Waals surface area contributed by atoms with Crippen molar-refractivity contribution in [3.8, 4) is 11.5 Å². The van der Waals surface area contributed by atoms with Gasteiger partial charge < -0.3 is 20.7 Å². The zero-order chi connectivity index (χ0) is 20.8. The van der Waals surface area contributed by atoms with Crippen LogP contribution in [0.4, 0.5) is 20.2 Å². The third-order valence-corrected chi connectivity index (χ3v) is 3.92. The van der Waals surface area contributed by atoms with Gasteiger partial charge in [0.25, 0.3) is 5.91 Å². The number of halogens is 2. The highest BCUT2D eigenvalue weighted by atomic mass is 32.1. The maximum atomic E-state index is 13.7. The summed E-state index contributed by atoms with van der Waals surface area (Å²) < 4.78 is 32.6. The van der Waals surface area contributed by atoms with E-state index in [9.17, 15) is 13.6 Å². The highest BCUT2D eigenvalue weighted by Crippen LogP contribution is 2.23. The Morgan fingerprint density at radius 1 is 1.00 bits per heavy atom. The van der Waals surface area contributed by atoms with Crippen LogP contribution in [-0.4, -0.2) is 23.1 Å². The number of hydrogen-bond acceptors (Lipinski definition) is 4. The maximum Gasteiger partial charge on any atom is 0.269 e. The number of aromatic nitrogens is 1. The number of pyridine rings is 1. The Balaban J connectivity index is 1.62. The Morgan fingerprint density at radius 3 is 2.48 bits per heavy atom. The molecule has 3 N–H and O–H groups in total. The van der Waals surface area contributed by atoms with Gasteiger partial charge in [0.05, 0.1) is 5.69 Å². The number of thiocarbonyl (C=S) groups is 1. The van der Waals surface area contributed by atoms with E-state index in [1.54, 1.807) is 30.3 Å². The van der Waals surface area contributed by atoms with Crippen LogP contribution in [0.25, 0.3) is 0 Å². The molecule has 148 valence electrons. The number of nitrogens with one attached hydrogen (secondary N) is 3. The number of rotatable bonds is 5. The van der Waals surface area contributed by atoms with Crippen molar-refractivity contribution in [2.75, 3.05) is 17.7 Å². The number of ether oxygens (including phenoxy) is 1. The Hall–Kier alpha value is -3.59. The van der Waals surface area contributed by atoms with Crippen LogP contribution in [-0.2, 0) is 0 Å². The minimum absolute atomic E-state index is 0.0629. The van der Waals surface area contributed by atoms with Crippen LogP contribution in [0.2, 0.25) is 0 Å². The van der Waals surface area contributed by atoms with E-state index in [4.69, 9.17) is 17.0 Å². The van der Waals surface area contributed by atoms with E-state index in [-0.39, 0.29) is 22.4 Å². The first-order valence-electron chi connectivity index (χ1n) is 8.44. The molecule has 0 bridgehead atoms. The van der Waals surface area contributed by atoms with Crippen LogP contribution in [0.3, 0.4) is 0 Å². The van der Waals surface area contributed by atoms with Crippen molar-refractivity contribution in [3.63, 3.8) is 0 Å². The van der Waals surface area contributed by atoms with Crippen molar-refractivity contribution in [1.29, 1.82) is 0 Å². The number of hydrogen-bond donors (Lipinski definition) is 3. The van der Waals surface area contributed by atoms with Gasteiger partial charge in [-0.15, -0.1) is 0 Å². The molecule has 0 aliphatic rings. The first-order valence-corrected chi connectivity index (χ1v) is 8.84. The summed E-state index contributed by atoms with van der Waals surface area (Å²) in [5, 5.41) is 8.08. The lowest BCUT2D eigenvalue weighted by molar-refractivity contribution is 0.0958. The summed E-state index contributed by atoms with van der Waals surface area (Å²) in [6, 6.07) is 13.0. The predicted octanol–water partition coefficient (Wildman–Crippen LogP) is 4.32. The molecule has 3 rings (SSSR count). The summed E-state index contributed by atoms with van der Waals surface area (Å²) in [6.45, 7) is 0. The smallest absolute Gasteiger partial charge is 0.269 e. The molecule has 0 atom stereocenters. The zero-order valence-electron chi connectivity index (χ0n) is 15.2. The Bertz CT molecular complexity index is 1040. The molecule has 0 aliphatic carbocycles. The van der Waals surface area contributed by atoms with Gasteiger partial charge in [-0.2, -0.15) is 0 Å². The van der Waals surface area contributed by atoms with Crippen LogP contribution < -0.4 is 20.7 Å². The van der Waals surface area contributed by atoms with E-state index in [2.05, 4.69) is 20.9 Å². The molecule has 1 heterocycles. The van der Waals surface area contributed by atoms with Gasteiger partial charge in [-0.05, 0) is 54.7 Å². The zero-order valence-corrected chi connectivity index (χ0v) is 16.0. The first kappa shape index (κ1) is 20.2. The fraction of sp³-hybridized carbons (Fsp3) is 0.0500. The molecule has 0 saturated carbocycles. The van der Waals surface area contributed by atoms with Crippen LogP contribution in [0, 0.1) is 11.6 Å². The Kier molecular flexibility index (Phi) is 6.30. The van der Waals surface area contributed by atoms with Gasteiger partial charge in [-0.3, -0.25) is 9.78 Å². The molecule has 0 saturated heterocycles. The van der Waals surface area contributed by atoms with Gasteiger partial charge in [0.2, 0.25) is 0 Å². The van der Waals surface area contributed by atoms with Gasteiger partial charge >= 0.3 is 0 Å². The summed E-state index contributed by atoms with van der Waals surface area (Å²) >= 11 is 5.12. The number of anilines is 2. The number of nitrogens with zero attached hydrogens (tertiary/aromatic N) is 1. The van der Waals surface area contributed by atoms with E-state index < -0.39 is 11.6 Å². The average Bonchev–Trinajstić information content (AvgIpc) is 2.72. The summed E-state index contributed by atoms with van der Waals surface area (Å²) in [6.07, 6.45) is 1.48. The normalized spacial score (nSPS) is 10.2. The largest absolute Gasteiger partial charge is 0.457 e. The molecule has 6 nitrogen and oxygen atoms in total. The monoisotopic (exact) mass is 414 g/mol. The second-order valence-corrected chi connectivity index (χ2v) is 6.19. The van der Waals surface area contributed by atoms with Gasteiger partial charge in [-0.25, -0.2) is 8.78 Å². The van der Waals surface area contributed by atoms with Gasteiger partial charge in [-0.1, -0.05) is 0 Å². The lowest BCUT2D eigenvalue weighted by atomic mass is 10.3. The van der Waals surface area contributed by atoms with Gasteiger partial charge in [0.15, 0.2) is 5.11 Å². The van der Waals surface area contributed by atoms with Crippen molar-refractivity contribution < 1.29 is 18.3 Å². The Labute approximate surface area is 170 Å². The molecular formula is C20H16F2N4O2S. The molecule has 3 aromatic rings. The van der Waals surface area contributed by atoms with Crippen LogP contribution >= 0.6 is 12.2 Å². The van der Waals surface area contributed by atoms with Crippen molar-refractivity contribution in [2.45, 2.75) is 0 Å². The molecule has 0 unspecified atom stereocenters. The highest BCUT2D eigenvalue weighted by Gasteiger charge is 2.08. The van der Waals surface area contributed by atoms with Crippen molar-refractivity contribution in [1.82, 2.24) is 10.3 Å². The van der Waals surface area contributed by atoms with E-state index in [0.29, 0.717) is 17.2 Å². The maximum absolute atomic E-state index is 13.7. The van der Waals surface area contributed by atoms with Crippen LogP contribution in [0.5, 0.6) is 11.5 Å². The number of carbonyl (C=O) groups excluding carboxylic acids is 1. The second-order valence-electron chi connectivity index (χ2n) is 5.79. The first-order chi connectivity index (χ1) is 13.9. The summed E-state index contributed by atoms with van der Waals surface area (Å²) in [5.74, 6) is -0.523. The van der Waals surface area contributed by atoms with E-state index in [1.807, 2.05) is 0 Å². The quantitative estimate of drug-likeness (QED) is 0.540. The molecule has 0 aliphatic heterocycles. The predicted molar refractivity (Wildman–Crippen MR) is 110 cm³/mol. The Morgan fingerprint density at radius 2 is 1.76 bits per heavy atom. The third-order valence-electron chi connectivity index (χ3n) is 3.72. The molecule has 1 amide bonds. The fourth-order valence-corrected chi connectivity index (χ4v) is 2.58. The van der Waals surface area contributed by atoms with Crippen molar-refractivity contribution in [2.24, 2.45) is 0 Å². The fourth-order valence-electron chi connectivity index (χ4n) is 2.35. The van der Waals surface area contributed by atoms with Gasteiger partial charge in [0, 0.05) is 31.1 Å². The lowest BCUT2D eigenvalue weighted by Gasteiger charge is -2.12.